The van der Waals surface area contributed by atoms with E-state index in [1.165, 1.54) is 12.0 Å². The normalized spacial score (nSPS) is 30.5. The average Bonchev–Trinajstić information content (AvgIpc) is 2.56. The summed E-state index contributed by atoms with van der Waals surface area (Å²) in [6, 6.07) is 2.21. The van der Waals surface area contributed by atoms with Crippen molar-refractivity contribution in [2.45, 2.75) is 12.3 Å². The van der Waals surface area contributed by atoms with Crippen molar-refractivity contribution in [3.05, 3.63) is 22.4 Å². The van der Waals surface area contributed by atoms with Crippen LogP contribution in [0.5, 0.6) is 0 Å². The molecule has 0 aromatic carbocycles. The Morgan fingerprint density at radius 2 is 2.60 bits per heavy atom. The molecule has 1 nitrogen and oxygen atoms in total. The van der Waals surface area contributed by atoms with Crippen molar-refractivity contribution in [1.82, 2.24) is 0 Å². The van der Waals surface area contributed by atoms with Crippen LogP contribution in [0.3, 0.4) is 0 Å². The van der Waals surface area contributed by atoms with Gasteiger partial charge in [-0.05, 0) is 47.2 Å². The highest BCUT2D eigenvalue weighted by molar-refractivity contribution is 7.08. The zero-order chi connectivity index (χ0) is 6.97. The van der Waals surface area contributed by atoms with E-state index >= 15 is 0 Å². The van der Waals surface area contributed by atoms with Crippen LogP contribution in [0.2, 0.25) is 0 Å². The lowest BCUT2D eigenvalue weighted by Crippen LogP contribution is -2.01. The molecule has 1 aliphatic carbocycles. The smallest absolute Gasteiger partial charge is 0.00428 e. The molecule has 2 N–H and O–H groups in total. The van der Waals surface area contributed by atoms with Crippen LogP contribution in [0, 0.1) is 5.92 Å². The summed E-state index contributed by atoms with van der Waals surface area (Å²) in [6.07, 6.45) is 1.31. The summed E-state index contributed by atoms with van der Waals surface area (Å²) >= 11 is 1.78. The van der Waals surface area contributed by atoms with Gasteiger partial charge >= 0.3 is 0 Å². The molecule has 2 unspecified atom stereocenters. The zero-order valence-corrected chi connectivity index (χ0v) is 6.60. The third kappa shape index (κ3) is 0.976. The molecule has 0 spiro atoms. The standard InChI is InChI=1S/C8H11NS/c9-4-7-3-8(7)6-1-2-10-5-6/h1-2,5,7-8H,3-4,9H2. The summed E-state index contributed by atoms with van der Waals surface area (Å²) < 4.78 is 0. The van der Waals surface area contributed by atoms with E-state index in [4.69, 9.17) is 5.73 Å². The molecule has 0 bridgehead atoms. The number of hydrogen-bond donors (Lipinski definition) is 1. The molecule has 0 radical (unpaired) electrons. The molecule has 1 aromatic rings. The van der Waals surface area contributed by atoms with E-state index in [0.717, 1.165) is 18.4 Å². The predicted molar refractivity (Wildman–Crippen MR) is 44.2 cm³/mol. The quantitative estimate of drug-likeness (QED) is 0.689. The molecule has 54 valence electrons. The Morgan fingerprint density at radius 1 is 1.70 bits per heavy atom. The maximum absolute atomic E-state index is 5.53. The molecule has 2 atom stereocenters. The minimum Gasteiger partial charge on any atom is -0.330 e. The lowest BCUT2D eigenvalue weighted by atomic mass is 10.2. The molecule has 0 amide bonds. The fraction of sp³-hybridized carbons (Fsp3) is 0.500. The second-order valence-corrected chi connectivity index (χ2v) is 3.67. The van der Waals surface area contributed by atoms with Gasteiger partial charge in [-0.3, -0.25) is 0 Å². The third-order valence-corrected chi connectivity index (χ3v) is 2.90. The van der Waals surface area contributed by atoms with Gasteiger partial charge in [0.25, 0.3) is 0 Å². The van der Waals surface area contributed by atoms with Gasteiger partial charge in [-0.25, -0.2) is 0 Å². The summed E-state index contributed by atoms with van der Waals surface area (Å²) in [7, 11) is 0. The van der Waals surface area contributed by atoms with Crippen molar-refractivity contribution in [3.8, 4) is 0 Å². The number of rotatable bonds is 2. The van der Waals surface area contributed by atoms with Gasteiger partial charge in [-0.2, -0.15) is 11.3 Å². The van der Waals surface area contributed by atoms with E-state index in [-0.39, 0.29) is 0 Å². The van der Waals surface area contributed by atoms with Crippen molar-refractivity contribution >= 4 is 11.3 Å². The Bertz CT molecular complexity index is 205. The van der Waals surface area contributed by atoms with Crippen molar-refractivity contribution in [3.63, 3.8) is 0 Å². The van der Waals surface area contributed by atoms with Crippen LogP contribution in [0.25, 0.3) is 0 Å². The predicted octanol–water partition coefficient (Wildman–Crippen LogP) is 1.81. The molecule has 10 heavy (non-hydrogen) atoms. The highest BCUT2D eigenvalue weighted by Crippen LogP contribution is 2.47. The number of thiophene rings is 1. The number of nitrogens with two attached hydrogens (primary N) is 1. The maximum Gasteiger partial charge on any atom is -0.00428 e. The fourth-order valence-corrected chi connectivity index (χ4v) is 2.13. The van der Waals surface area contributed by atoms with Crippen molar-refractivity contribution < 1.29 is 0 Å². The Morgan fingerprint density at radius 3 is 3.10 bits per heavy atom. The van der Waals surface area contributed by atoms with E-state index in [2.05, 4.69) is 16.8 Å². The molecule has 1 aromatic heterocycles. The summed E-state index contributed by atoms with van der Waals surface area (Å²) in [5.41, 5.74) is 7.03. The topological polar surface area (TPSA) is 26.0 Å². The Labute approximate surface area is 64.9 Å². The van der Waals surface area contributed by atoms with Gasteiger partial charge in [0.05, 0.1) is 0 Å². The Kier molecular flexibility index (Phi) is 1.51. The zero-order valence-electron chi connectivity index (χ0n) is 5.79. The van der Waals surface area contributed by atoms with E-state index in [9.17, 15) is 0 Å². The summed E-state index contributed by atoms with van der Waals surface area (Å²) in [6.45, 7) is 0.862. The van der Waals surface area contributed by atoms with Crippen molar-refractivity contribution in [2.24, 2.45) is 11.7 Å². The number of hydrogen-bond acceptors (Lipinski definition) is 2. The average molecular weight is 153 g/mol. The Hall–Kier alpha value is -0.340. The Balaban J connectivity index is 2.05. The molecule has 1 heterocycles. The minimum absolute atomic E-state index is 0.787. The van der Waals surface area contributed by atoms with Gasteiger partial charge in [-0.15, -0.1) is 0 Å². The lowest BCUT2D eigenvalue weighted by molar-refractivity contribution is 0.811. The molecular formula is C8H11NS. The lowest BCUT2D eigenvalue weighted by Gasteiger charge is -1.90. The van der Waals surface area contributed by atoms with Crippen molar-refractivity contribution in [1.29, 1.82) is 0 Å². The third-order valence-electron chi connectivity index (χ3n) is 2.20. The summed E-state index contributed by atoms with van der Waals surface area (Å²) in [5, 5.41) is 4.38. The van der Waals surface area contributed by atoms with Crippen LogP contribution in [0.15, 0.2) is 16.8 Å². The van der Waals surface area contributed by atoms with Gasteiger partial charge in [0.15, 0.2) is 0 Å². The van der Waals surface area contributed by atoms with Crippen molar-refractivity contribution in [2.75, 3.05) is 6.54 Å². The second kappa shape index (κ2) is 2.36. The summed E-state index contributed by atoms with van der Waals surface area (Å²) in [5.74, 6) is 1.59. The first-order valence-corrected chi connectivity index (χ1v) is 4.58. The summed E-state index contributed by atoms with van der Waals surface area (Å²) in [4.78, 5) is 0. The molecule has 1 saturated carbocycles. The first kappa shape index (κ1) is 6.38. The van der Waals surface area contributed by atoms with Crippen LogP contribution >= 0.6 is 11.3 Å². The second-order valence-electron chi connectivity index (χ2n) is 2.89. The molecule has 2 heteroatoms. The van der Waals surface area contributed by atoms with E-state index in [1.807, 2.05) is 0 Å². The van der Waals surface area contributed by atoms with Gasteiger partial charge < -0.3 is 5.73 Å². The molecular weight excluding hydrogens is 142 g/mol. The molecule has 2 rings (SSSR count). The maximum atomic E-state index is 5.53. The van der Waals surface area contributed by atoms with Crippen LogP contribution in [-0.2, 0) is 0 Å². The van der Waals surface area contributed by atoms with Gasteiger partial charge in [0.1, 0.15) is 0 Å². The fourth-order valence-electron chi connectivity index (χ4n) is 1.40. The van der Waals surface area contributed by atoms with Crippen LogP contribution < -0.4 is 5.73 Å². The largest absolute Gasteiger partial charge is 0.330 e. The van der Waals surface area contributed by atoms with Crippen LogP contribution in [-0.4, -0.2) is 6.54 Å². The highest BCUT2D eigenvalue weighted by Gasteiger charge is 2.36. The van der Waals surface area contributed by atoms with Gasteiger partial charge in [-0.1, -0.05) is 0 Å². The first-order valence-electron chi connectivity index (χ1n) is 3.64. The van der Waals surface area contributed by atoms with E-state index in [1.54, 1.807) is 11.3 Å². The molecule has 1 fully saturated rings. The van der Waals surface area contributed by atoms with Crippen LogP contribution in [0.1, 0.15) is 17.9 Å². The molecule has 0 saturated heterocycles. The highest BCUT2D eigenvalue weighted by atomic mass is 32.1. The monoisotopic (exact) mass is 153 g/mol. The SMILES string of the molecule is NCC1CC1c1ccsc1. The van der Waals surface area contributed by atoms with E-state index < -0.39 is 0 Å². The minimum atomic E-state index is 0.787. The van der Waals surface area contributed by atoms with E-state index in [0.29, 0.717) is 0 Å². The van der Waals surface area contributed by atoms with Crippen LogP contribution in [0.4, 0.5) is 0 Å². The molecule has 1 aliphatic rings. The van der Waals surface area contributed by atoms with Gasteiger partial charge in [0.2, 0.25) is 0 Å². The van der Waals surface area contributed by atoms with Gasteiger partial charge in [0, 0.05) is 0 Å². The molecule has 0 aliphatic heterocycles. The first-order chi connectivity index (χ1) is 4.92.